The molecule has 2 saturated heterocycles. The molecule has 0 radical (unpaired) electrons. The van der Waals surface area contributed by atoms with E-state index >= 15 is 0 Å². The number of imide groups is 1. The Morgan fingerprint density at radius 2 is 1.72 bits per heavy atom. The number of para-hydroxylation sites is 1. The molecule has 3 aromatic rings. The molecule has 3 heterocycles. The van der Waals surface area contributed by atoms with Gasteiger partial charge in [0.15, 0.2) is 0 Å². The number of likely N-dealkylation sites (tertiary alicyclic amines) is 2. The van der Waals surface area contributed by atoms with E-state index in [0.717, 1.165) is 53.5 Å². The van der Waals surface area contributed by atoms with Crippen molar-refractivity contribution in [2.75, 3.05) is 26.2 Å². The lowest BCUT2D eigenvalue weighted by molar-refractivity contribution is -0.149. The molecule has 0 saturated carbocycles. The zero-order valence-corrected chi connectivity index (χ0v) is 23.7. The number of nitrogens with two attached hydrogens (primary N) is 1. The van der Waals surface area contributed by atoms with Crippen molar-refractivity contribution in [3.8, 4) is 0 Å². The number of rotatable bonds is 7. The number of aromatic amines is 1. The van der Waals surface area contributed by atoms with E-state index in [1.807, 2.05) is 42.6 Å². The van der Waals surface area contributed by atoms with Crippen LogP contribution in [0.2, 0.25) is 0 Å². The van der Waals surface area contributed by atoms with E-state index in [1.165, 1.54) is 49.7 Å². The Kier molecular flexibility index (Phi) is 8.50. The summed E-state index contributed by atoms with van der Waals surface area (Å²) in [4.78, 5) is 36.9. The summed E-state index contributed by atoms with van der Waals surface area (Å²) >= 11 is 0. The number of nitrogens with one attached hydrogen (secondary N) is 1. The number of aromatic nitrogens is 1. The number of piperidine rings is 2. The lowest BCUT2D eigenvalue weighted by atomic mass is 9.93. The van der Waals surface area contributed by atoms with Gasteiger partial charge in [-0.05, 0) is 80.9 Å². The molecule has 2 aliphatic rings. The third-order valence-electron chi connectivity index (χ3n) is 8.93. The van der Waals surface area contributed by atoms with Gasteiger partial charge in [-0.15, -0.1) is 0 Å². The number of carbonyl (C=O) groups is 2. The van der Waals surface area contributed by atoms with Crippen LogP contribution < -0.4 is 5.73 Å². The molecular formula is C32H43N5O2. The summed E-state index contributed by atoms with van der Waals surface area (Å²) in [6.45, 7) is 9.79. The Bertz CT molecular complexity index is 1300. The number of benzene rings is 2. The monoisotopic (exact) mass is 529 g/mol. The van der Waals surface area contributed by atoms with Gasteiger partial charge in [0, 0.05) is 43.2 Å². The quantitative estimate of drug-likeness (QED) is 0.464. The number of hydrogen-bond acceptors (Lipinski definition) is 5. The van der Waals surface area contributed by atoms with E-state index in [2.05, 4.69) is 34.7 Å². The van der Waals surface area contributed by atoms with Gasteiger partial charge >= 0.3 is 0 Å². The minimum Gasteiger partial charge on any atom is -0.361 e. The normalized spacial score (nSPS) is 19.2. The van der Waals surface area contributed by atoms with Gasteiger partial charge in [0.1, 0.15) is 6.04 Å². The fourth-order valence-electron chi connectivity index (χ4n) is 6.48. The van der Waals surface area contributed by atoms with Gasteiger partial charge in [0.25, 0.3) is 0 Å². The Morgan fingerprint density at radius 3 is 2.41 bits per heavy atom. The zero-order valence-electron chi connectivity index (χ0n) is 23.7. The molecular weight excluding hydrogens is 486 g/mol. The molecule has 2 aromatic carbocycles. The first-order chi connectivity index (χ1) is 18.8. The molecule has 0 aliphatic carbocycles. The largest absolute Gasteiger partial charge is 0.361 e. The van der Waals surface area contributed by atoms with Crippen molar-refractivity contribution in [2.45, 2.75) is 77.5 Å². The Morgan fingerprint density at radius 1 is 1.00 bits per heavy atom. The highest BCUT2D eigenvalue weighted by molar-refractivity contribution is 5.98. The molecule has 5 rings (SSSR count). The van der Waals surface area contributed by atoms with E-state index < -0.39 is 12.1 Å². The van der Waals surface area contributed by atoms with E-state index in [1.54, 1.807) is 0 Å². The van der Waals surface area contributed by atoms with Gasteiger partial charge < -0.3 is 15.6 Å². The summed E-state index contributed by atoms with van der Waals surface area (Å²) in [7, 11) is 0. The number of carbonyl (C=O) groups excluding carboxylic acids is 2. The second-order valence-electron chi connectivity index (χ2n) is 11.5. The Labute approximate surface area is 232 Å². The highest BCUT2D eigenvalue weighted by Crippen LogP contribution is 2.31. The first-order valence-corrected chi connectivity index (χ1v) is 14.5. The smallest absolute Gasteiger partial charge is 0.248 e. The van der Waals surface area contributed by atoms with Crippen LogP contribution in [0.15, 0.2) is 48.7 Å². The van der Waals surface area contributed by atoms with Crippen LogP contribution in [0.25, 0.3) is 10.9 Å². The minimum atomic E-state index is -0.623. The lowest BCUT2D eigenvalue weighted by Gasteiger charge is -2.44. The molecule has 7 heteroatoms. The third-order valence-corrected chi connectivity index (χ3v) is 8.93. The van der Waals surface area contributed by atoms with Crippen LogP contribution in [0, 0.1) is 13.8 Å². The van der Waals surface area contributed by atoms with Gasteiger partial charge in [-0.25, -0.2) is 0 Å². The fraction of sp³-hybridized carbons (Fsp3) is 0.500. The van der Waals surface area contributed by atoms with Crippen LogP contribution in [0.3, 0.4) is 0 Å². The second kappa shape index (κ2) is 12.0. The Hall–Kier alpha value is -3.00. The van der Waals surface area contributed by atoms with E-state index in [0.29, 0.717) is 6.04 Å². The van der Waals surface area contributed by atoms with Gasteiger partial charge in [0.05, 0.1) is 12.6 Å². The lowest BCUT2D eigenvalue weighted by Crippen LogP contribution is -2.58. The molecule has 3 N–H and O–H groups in total. The molecule has 7 nitrogen and oxygen atoms in total. The van der Waals surface area contributed by atoms with Crippen molar-refractivity contribution in [3.05, 3.63) is 70.9 Å². The summed E-state index contributed by atoms with van der Waals surface area (Å²) in [5.41, 5.74) is 12.2. The highest BCUT2D eigenvalue weighted by Gasteiger charge is 2.40. The predicted octanol–water partition coefficient (Wildman–Crippen LogP) is 4.68. The average Bonchev–Trinajstić information content (AvgIpc) is 3.38. The average molecular weight is 530 g/mol. The van der Waals surface area contributed by atoms with Crippen LogP contribution in [0.5, 0.6) is 0 Å². The van der Waals surface area contributed by atoms with Gasteiger partial charge in [-0.3, -0.25) is 19.4 Å². The maximum absolute atomic E-state index is 14.4. The van der Waals surface area contributed by atoms with Crippen LogP contribution in [-0.2, 0) is 16.1 Å². The molecule has 0 bridgehead atoms. The summed E-state index contributed by atoms with van der Waals surface area (Å²) in [5.74, 6) is -0.465. The first-order valence-electron chi connectivity index (χ1n) is 14.5. The fourth-order valence-corrected chi connectivity index (χ4v) is 6.48. The predicted molar refractivity (Wildman–Crippen MR) is 156 cm³/mol. The number of aryl methyl sites for hydroxylation is 2. The van der Waals surface area contributed by atoms with Gasteiger partial charge in [-0.2, -0.15) is 0 Å². The molecule has 1 aromatic heterocycles. The van der Waals surface area contributed by atoms with Crippen molar-refractivity contribution in [2.24, 2.45) is 5.73 Å². The SMILES string of the molecule is CC(=O)N(Cc1ccc(C)c(C)c1)C(=O)C(C(N)c1c[nH]c2ccccc12)N1CCC(N2CCCCC2)CC1. The number of amides is 2. The number of H-pyrrole nitrogens is 1. The molecule has 2 fully saturated rings. The minimum absolute atomic E-state index is 0.213. The molecule has 208 valence electrons. The molecule has 0 spiro atoms. The topological polar surface area (TPSA) is 85.7 Å². The maximum Gasteiger partial charge on any atom is 0.248 e. The van der Waals surface area contributed by atoms with Crippen LogP contribution in [0.1, 0.15) is 67.3 Å². The third kappa shape index (κ3) is 5.96. The molecule has 2 atom stereocenters. The van der Waals surface area contributed by atoms with Gasteiger partial charge in [-0.1, -0.05) is 42.8 Å². The summed E-state index contributed by atoms with van der Waals surface area (Å²) in [6, 6.07) is 13.5. The van der Waals surface area contributed by atoms with Gasteiger partial charge in [0.2, 0.25) is 11.8 Å². The van der Waals surface area contributed by atoms with E-state index in [4.69, 9.17) is 5.73 Å². The second-order valence-corrected chi connectivity index (χ2v) is 11.5. The van der Waals surface area contributed by atoms with Crippen molar-refractivity contribution >= 4 is 22.7 Å². The number of fused-ring (bicyclic) bond motifs is 1. The van der Waals surface area contributed by atoms with Crippen LogP contribution >= 0.6 is 0 Å². The van der Waals surface area contributed by atoms with Crippen molar-refractivity contribution in [1.29, 1.82) is 0 Å². The summed E-state index contributed by atoms with van der Waals surface area (Å²) in [6.07, 6.45) is 7.84. The van der Waals surface area contributed by atoms with E-state index in [9.17, 15) is 9.59 Å². The number of hydrogen-bond donors (Lipinski definition) is 2. The maximum atomic E-state index is 14.4. The highest BCUT2D eigenvalue weighted by atomic mass is 16.2. The first kappa shape index (κ1) is 27.6. The van der Waals surface area contributed by atoms with Crippen molar-refractivity contribution in [1.82, 2.24) is 19.7 Å². The number of nitrogens with zero attached hydrogens (tertiary/aromatic N) is 3. The molecule has 2 unspecified atom stereocenters. The molecule has 2 amide bonds. The zero-order chi connectivity index (χ0) is 27.5. The van der Waals surface area contributed by atoms with Crippen molar-refractivity contribution < 1.29 is 9.59 Å². The summed E-state index contributed by atoms with van der Waals surface area (Å²) < 4.78 is 0. The van der Waals surface area contributed by atoms with E-state index in [-0.39, 0.29) is 18.4 Å². The molecule has 2 aliphatic heterocycles. The summed E-state index contributed by atoms with van der Waals surface area (Å²) in [5, 5.41) is 1.02. The standard InChI is InChI=1S/C32H43N5O2/c1-22-11-12-25(19-23(22)2)21-37(24(3)38)32(39)31(30(33)28-20-34-29-10-6-5-9-27(28)29)36-17-13-26(14-18-36)35-15-7-4-8-16-35/h5-6,9-12,19-20,26,30-31,34H,4,7-8,13-18,21,33H2,1-3H3. The van der Waals surface area contributed by atoms with Crippen LogP contribution in [-0.4, -0.2) is 69.8 Å². The van der Waals surface area contributed by atoms with Crippen molar-refractivity contribution in [3.63, 3.8) is 0 Å². The molecule has 39 heavy (non-hydrogen) atoms. The Balaban J connectivity index is 1.43. The van der Waals surface area contributed by atoms with Crippen LogP contribution in [0.4, 0.5) is 0 Å².